The summed E-state index contributed by atoms with van der Waals surface area (Å²) in [4.78, 5) is 27.3. The van der Waals surface area contributed by atoms with E-state index in [0.29, 0.717) is 13.0 Å². The van der Waals surface area contributed by atoms with Gasteiger partial charge in [0.2, 0.25) is 0 Å². The van der Waals surface area contributed by atoms with E-state index in [1.807, 2.05) is 12.3 Å². The number of nitrogens with zero attached hydrogens (tertiary/aromatic N) is 1. The van der Waals surface area contributed by atoms with Gasteiger partial charge >= 0.3 is 5.97 Å². The fraction of sp³-hybridized carbons (Fsp3) is 0.214. The van der Waals surface area contributed by atoms with E-state index < -0.39 is 5.97 Å². The molecule has 0 radical (unpaired) electrons. The first kappa shape index (κ1) is 14.2. The van der Waals surface area contributed by atoms with Gasteiger partial charge in [-0.2, -0.15) is 0 Å². The monoisotopic (exact) mass is 290 g/mol. The van der Waals surface area contributed by atoms with Crippen molar-refractivity contribution in [3.63, 3.8) is 0 Å². The zero-order valence-electron chi connectivity index (χ0n) is 10.9. The lowest BCUT2D eigenvalue weighted by Gasteiger charge is -2.06. The van der Waals surface area contributed by atoms with Crippen LogP contribution in [0.25, 0.3) is 0 Å². The molecule has 2 N–H and O–H groups in total. The molecule has 0 aliphatic heterocycles. The van der Waals surface area contributed by atoms with Crippen LogP contribution in [0, 0.1) is 6.92 Å². The summed E-state index contributed by atoms with van der Waals surface area (Å²) in [5, 5.41) is 14.7. The number of aromatic carboxylic acids is 1. The van der Waals surface area contributed by atoms with E-state index in [0.717, 1.165) is 10.7 Å². The van der Waals surface area contributed by atoms with Crippen LogP contribution in [0.5, 0.6) is 0 Å². The Hall–Kier alpha value is -2.21. The molecular formula is C14H14N2O3S. The molecule has 0 atom stereocenters. The maximum Gasteiger partial charge on any atom is 0.336 e. The van der Waals surface area contributed by atoms with Crippen molar-refractivity contribution in [3.8, 4) is 0 Å². The molecule has 1 aromatic carbocycles. The topological polar surface area (TPSA) is 79.3 Å². The van der Waals surface area contributed by atoms with Crippen LogP contribution in [-0.4, -0.2) is 28.5 Å². The number of carboxylic acid groups (broad SMARTS) is 1. The van der Waals surface area contributed by atoms with Crippen molar-refractivity contribution in [2.75, 3.05) is 6.54 Å². The first-order valence-corrected chi connectivity index (χ1v) is 6.97. The SMILES string of the molecule is Cc1nc(CCNC(=O)c2ccccc2C(=O)O)cs1. The average molecular weight is 290 g/mol. The van der Waals surface area contributed by atoms with Gasteiger partial charge < -0.3 is 10.4 Å². The Morgan fingerprint density at radius 2 is 2.00 bits per heavy atom. The fourth-order valence-electron chi connectivity index (χ4n) is 1.79. The predicted molar refractivity (Wildman–Crippen MR) is 76.3 cm³/mol. The fourth-order valence-corrected chi connectivity index (χ4v) is 2.44. The van der Waals surface area contributed by atoms with Gasteiger partial charge in [0.1, 0.15) is 0 Å². The molecule has 0 saturated carbocycles. The average Bonchev–Trinajstić information content (AvgIpc) is 2.84. The molecule has 1 amide bonds. The first-order chi connectivity index (χ1) is 9.58. The molecule has 2 rings (SSSR count). The van der Waals surface area contributed by atoms with Gasteiger partial charge in [0.25, 0.3) is 5.91 Å². The highest BCUT2D eigenvalue weighted by molar-refractivity contribution is 7.09. The Morgan fingerprint density at radius 3 is 2.60 bits per heavy atom. The van der Waals surface area contributed by atoms with Gasteiger partial charge in [-0.3, -0.25) is 4.79 Å². The van der Waals surface area contributed by atoms with Gasteiger partial charge in [0, 0.05) is 18.3 Å². The van der Waals surface area contributed by atoms with Crippen molar-refractivity contribution in [2.24, 2.45) is 0 Å². The lowest BCUT2D eigenvalue weighted by molar-refractivity contribution is 0.0691. The largest absolute Gasteiger partial charge is 0.478 e. The highest BCUT2D eigenvalue weighted by atomic mass is 32.1. The van der Waals surface area contributed by atoms with Crippen LogP contribution in [0.4, 0.5) is 0 Å². The molecule has 0 aliphatic rings. The van der Waals surface area contributed by atoms with Gasteiger partial charge in [-0.25, -0.2) is 9.78 Å². The molecule has 6 heteroatoms. The van der Waals surface area contributed by atoms with Gasteiger partial charge in [0.15, 0.2) is 0 Å². The number of benzene rings is 1. The zero-order valence-corrected chi connectivity index (χ0v) is 11.7. The van der Waals surface area contributed by atoms with E-state index in [1.165, 1.54) is 12.1 Å². The summed E-state index contributed by atoms with van der Waals surface area (Å²) in [7, 11) is 0. The molecule has 0 fully saturated rings. The van der Waals surface area contributed by atoms with E-state index in [4.69, 9.17) is 5.11 Å². The number of thiazole rings is 1. The van der Waals surface area contributed by atoms with E-state index in [9.17, 15) is 9.59 Å². The molecule has 0 saturated heterocycles. The molecule has 0 unspecified atom stereocenters. The maximum atomic E-state index is 12.0. The number of hydrogen-bond acceptors (Lipinski definition) is 4. The number of rotatable bonds is 5. The van der Waals surface area contributed by atoms with E-state index >= 15 is 0 Å². The number of nitrogens with one attached hydrogen (secondary N) is 1. The number of carboxylic acids is 1. The van der Waals surface area contributed by atoms with Crippen molar-refractivity contribution in [3.05, 3.63) is 51.5 Å². The summed E-state index contributed by atoms with van der Waals surface area (Å²) in [6, 6.07) is 6.16. The first-order valence-electron chi connectivity index (χ1n) is 6.09. The molecule has 0 bridgehead atoms. The van der Waals surface area contributed by atoms with Crippen molar-refractivity contribution < 1.29 is 14.7 Å². The van der Waals surface area contributed by atoms with E-state index in [-0.39, 0.29) is 17.0 Å². The van der Waals surface area contributed by atoms with Gasteiger partial charge in [0.05, 0.1) is 21.8 Å². The summed E-state index contributed by atoms with van der Waals surface area (Å²) < 4.78 is 0. The highest BCUT2D eigenvalue weighted by Crippen LogP contribution is 2.10. The smallest absolute Gasteiger partial charge is 0.336 e. The third-order valence-electron chi connectivity index (χ3n) is 2.74. The zero-order chi connectivity index (χ0) is 14.5. The Morgan fingerprint density at radius 1 is 1.30 bits per heavy atom. The highest BCUT2D eigenvalue weighted by Gasteiger charge is 2.15. The van der Waals surface area contributed by atoms with E-state index in [1.54, 1.807) is 23.5 Å². The molecule has 1 heterocycles. The van der Waals surface area contributed by atoms with Gasteiger partial charge in [-0.15, -0.1) is 11.3 Å². The Bertz CT molecular complexity index is 637. The minimum atomic E-state index is -1.11. The lowest BCUT2D eigenvalue weighted by atomic mass is 10.1. The quantitative estimate of drug-likeness (QED) is 0.884. The van der Waals surface area contributed by atoms with Crippen molar-refractivity contribution in [1.29, 1.82) is 0 Å². The summed E-state index contributed by atoms with van der Waals surface area (Å²) in [6.45, 7) is 2.35. The van der Waals surface area contributed by atoms with Crippen LogP contribution in [0.2, 0.25) is 0 Å². The van der Waals surface area contributed by atoms with Gasteiger partial charge in [-0.05, 0) is 19.1 Å². The number of carbonyl (C=O) groups is 2. The predicted octanol–water partition coefficient (Wildman–Crippen LogP) is 2.12. The second-order valence-corrected chi connectivity index (χ2v) is 5.28. The number of carbonyl (C=O) groups excluding carboxylic acids is 1. The van der Waals surface area contributed by atoms with Crippen molar-refractivity contribution >= 4 is 23.2 Å². The van der Waals surface area contributed by atoms with Crippen LogP contribution in [0.3, 0.4) is 0 Å². The van der Waals surface area contributed by atoms with Crippen LogP contribution >= 0.6 is 11.3 Å². The normalized spacial score (nSPS) is 10.2. The molecular weight excluding hydrogens is 276 g/mol. The number of hydrogen-bond donors (Lipinski definition) is 2. The van der Waals surface area contributed by atoms with Crippen molar-refractivity contribution in [2.45, 2.75) is 13.3 Å². The molecule has 104 valence electrons. The van der Waals surface area contributed by atoms with Crippen LogP contribution in [0.1, 0.15) is 31.4 Å². The number of aryl methyl sites for hydroxylation is 1. The second-order valence-electron chi connectivity index (χ2n) is 4.21. The molecule has 20 heavy (non-hydrogen) atoms. The molecule has 0 spiro atoms. The maximum absolute atomic E-state index is 12.0. The summed E-state index contributed by atoms with van der Waals surface area (Å²) >= 11 is 1.56. The van der Waals surface area contributed by atoms with Crippen LogP contribution in [0.15, 0.2) is 29.6 Å². The third kappa shape index (κ3) is 3.42. The van der Waals surface area contributed by atoms with E-state index in [2.05, 4.69) is 10.3 Å². The van der Waals surface area contributed by atoms with Crippen LogP contribution < -0.4 is 5.32 Å². The third-order valence-corrected chi connectivity index (χ3v) is 3.56. The summed E-state index contributed by atoms with van der Waals surface area (Å²) in [5.41, 5.74) is 1.11. The standard InChI is InChI=1S/C14H14N2O3S/c1-9-16-10(8-20-9)6-7-15-13(17)11-4-2-3-5-12(11)14(18)19/h2-5,8H,6-7H2,1H3,(H,15,17)(H,18,19). The molecule has 0 aliphatic carbocycles. The molecule has 1 aromatic heterocycles. The van der Waals surface area contributed by atoms with Crippen molar-refractivity contribution in [1.82, 2.24) is 10.3 Å². The number of aromatic nitrogens is 1. The Labute approximate surface area is 120 Å². The summed E-state index contributed by atoms with van der Waals surface area (Å²) in [6.07, 6.45) is 0.630. The van der Waals surface area contributed by atoms with Crippen LogP contribution in [-0.2, 0) is 6.42 Å². The minimum Gasteiger partial charge on any atom is -0.478 e. The summed E-state index contributed by atoms with van der Waals surface area (Å²) in [5.74, 6) is -1.49. The van der Waals surface area contributed by atoms with Gasteiger partial charge in [-0.1, -0.05) is 12.1 Å². The second kappa shape index (κ2) is 6.29. The minimum absolute atomic E-state index is 0.00880. The Kier molecular flexibility index (Phi) is 4.47. The molecule has 5 nitrogen and oxygen atoms in total. The number of amides is 1. The molecule has 2 aromatic rings. The lowest BCUT2D eigenvalue weighted by Crippen LogP contribution is -2.27. The Balaban J connectivity index is 1.97.